The molecule has 2 aromatic heterocycles. The summed E-state index contributed by atoms with van der Waals surface area (Å²) in [6.45, 7) is 1.25. The molecule has 0 spiro atoms. The van der Waals surface area contributed by atoms with Crippen LogP contribution < -0.4 is 10.9 Å². The van der Waals surface area contributed by atoms with Crippen molar-refractivity contribution in [3.63, 3.8) is 0 Å². The first-order chi connectivity index (χ1) is 8.27. The number of H-pyrrole nitrogens is 1. The normalized spacial score (nSPS) is 20.9. The van der Waals surface area contributed by atoms with E-state index < -0.39 is 0 Å². The lowest BCUT2D eigenvalue weighted by molar-refractivity contribution is -0.121. The molecular weight excluding hydrogens is 240 g/mol. The van der Waals surface area contributed by atoms with Crippen LogP contribution in [0.5, 0.6) is 0 Å². The number of carbonyl (C=O) groups is 1. The fourth-order valence-corrected chi connectivity index (χ4v) is 2.84. The largest absolute Gasteiger partial charge is 0.315 e. The number of aromatic nitrogens is 3. The van der Waals surface area contributed by atoms with E-state index in [0.29, 0.717) is 35.4 Å². The van der Waals surface area contributed by atoms with Gasteiger partial charge in [0, 0.05) is 19.5 Å². The van der Waals surface area contributed by atoms with Crippen LogP contribution in [-0.4, -0.2) is 33.2 Å². The molecule has 88 valence electrons. The molecule has 1 saturated heterocycles. The Hall–Kier alpha value is -1.60. The Morgan fingerprint density at radius 3 is 3.12 bits per heavy atom. The molecule has 1 aliphatic rings. The third-order valence-electron chi connectivity index (χ3n) is 2.92. The van der Waals surface area contributed by atoms with Gasteiger partial charge < -0.3 is 10.3 Å². The first-order valence-corrected chi connectivity index (χ1v) is 6.11. The summed E-state index contributed by atoms with van der Waals surface area (Å²) in [5, 5.41) is 3.61. The SMILES string of the molecule is O=C1CCNCC1c1nsc2nc[nH]c(=O)c12. The molecule has 0 aromatic carbocycles. The zero-order valence-electron chi connectivity index (χ0n) is 8.90. The number of hydrogen-bond donors (Lipinski definition) is 2. The lowest BCUT2D eigenvalue weighted by Gasteiger charge is -2.19. The molecule has 1 fully saturated rings. The lowest BCUT2D eigenvalue weighted by atomic mass is 9.93. The smallest absolute Gasteiger partial charge is 0.261 e. The number of rotatable bonds is 1. The van der Waals surface area contributed by atoms with Crippen LogP contribution in [0.15, 0.2) is 11.1 Å². The number of fused-ring (bicyclic) bond motifs is 1. The minimum absolute atomic E-state index is 0.138. The maximum atomic E-state index is 11.8. The standard InChI is InChI=1S/C10H10N4O2S/c15-6-1-2-11-3-5(6)8-7-9(16)12-4-13-10(7)17-14-8/h4-5,11H,1-3H2,(H,12,13,16). The quantitative estimate of drug-likeness (QED) is 0.745. The van der Waals surface area contributed by atoms with Crippen molar-refractivity contribution in [1.82, 2.24) is 19.7 Å². The predicted octanol–water partition coefficient (Wildman–Crippen LogP) is 0.0256. The topological polar surface area (TPSA) is 87.7 Å². The Morgan fingerprint density at radius 2 is 2.29 bits per heavy atom. The highest BCUT2D eigenvalue weighted by Gasteiger charge is 2.28. The van der Waals surface area contributed by atoms with Crippen LogP contribution in [0.1, 0.15) is 18.0 Å². The third kappa shape index (κ3) is 1.67. The summed E-state index contributed by atoms with van der Waals surface area (Å²) in [4.78, 5) is 30.7. The van der Waals surface area contributed by atoms with Crippen molar-refractivity contribution in [3.8, 4) is 0 Å². The minimum atomic E-state index is -0.317. The zero-order chi connectivity index (χ0) is 11.8. The Kier molecular flexibility index (Phi) is 2.49. The van der Waals surface area contributed by atoms with Crippen LogP contribution in [0.4, 0.5) is 0 Å². The number of piperidine rings is 1. The first kappa shape index (κ1) is 10.5. The molecule has 0 saturated carbocycles. The van der Waals surface area contributed by atoms with Crippen LogP contribution in [-0.2, 0) is 4.79 Å². The first-order valence-electron chi connectivity index (χ1n) is 5.34. The number of carbonyl (C=O) groups excluding carboxylic acids is 1. The van der Waals surface area contributed by atoms with E-state index in [2.05, 4.69) is 19.7 Å². The fourth-order valence-electron chi connectivity index (χ4n) is 2.05. The molecule has 1 aliphatic heterocycles. The van der Waals surface area contributed by atoms with E-state index in [-0.39, 0.29) is 17.3 Å². The van der Waals surface area contributed by atoms with Gasteiger partial charge in [0.2, 0.25) is 0 Å². The Balaban J connectivity index is 2.17. The number of hydrogen-bond acceptors (Lipinski definition) is 6. The molecule has 6 nitrogen and oxygen atoms in total. The molecule has 2 aromatic rings. The molecule has 0 amide bonds. The Bertz CT molecular complexity index is 633. The molecular formula is C10H10N4O2S. The van der Waals surface area contributed by atoms with Gasteiger partial charge in [-0.15, -0.1) is 0 Å². The van der Waals surface area contributed by atoms with Gasteiger partial charge in [-0.2, -0.15) is 4.37 Å². The van der Waals surface area contributed by atoms with Gasteiger partial charge in [0.25, 0.3) is 5.56 Å². The number of ketones is 1. The van der Waals surface area contributed by atoms with Gasteiger partial charge in [-0.3, -0.25) is 9.59 Å². The van der Waals surface area contributed by atoms with Gasteiger partial charge in [0.1, 0.15) is 11.2 Å². The monoisotopic (exact) mass is 250 g/mol. The van der Waals surface area contributed by atoms with Crippen molar-refractivity contribution in [3.05, 3.63) is 22.4 Å². The summed E-state index contributed by atoms with van der Waals surface area (Å²) in [6.07, 6.45) is 1.84. The number of aromatic amines is 1. The summed E-state index contributed by atoms with van der Waals surface area (Å²) >= 11 is 1.16. The Morgan fingerprint density at radius 1 is 1.41 bits per heavy atom. The van der Waals surface area contributed by atoms with Gasteiger partial charge in [-0.1, -0.05) is 0 Å². The summed E-state index contributed by atoms with van der Waals surface area (Å²) in [6, 6.07) is 0. The van der Waals surface area contributed by atoms with Gasteiger partial charge in [-0.05, 0) is 11.5 Å². The highest BCUT2D eigenvalue weighted by atomic mass is 32.1. The molecule has 3 rings (SSSR count). The van der Waals surface area contributed by atoms with E-state index in [1.165, 1.54) is 6.33 Å². The van der Waals surface area contributed by atoms with E-state index in [1.807, 2.05) is 0 Å². The molecule has 2 N–H and O–H groups in total. The van der Waals surface area contributed by atoms with Crippen LogP contribution in [0.25, 0.3) is 10.2 Å². The third-order valence-corrected chi connectivity index (χ3v) is 3.69. The van der Waals surface area contributed by atoms with Gasteiger partial charge >= 0.3 is 0 Å². The Labute approximate surface area is 100 Å². The van der Waals surface area contributed by atoms with Crippen molar-refractivity contribution in [1.29, 1.82) is 0 Å². The molecule has 3 heterocycles. The van der Waals surface area contributed by atoms with Gasteiger partial charge in [0.05, 0.1) is 17.9 Å². The van der Waals surface area contributed by atoms with Crippen LogP contribution in [0.3, 0.4) is 0 Å². The van der Waals surface area contributed by atoms with Crippen molar-refractivity contribution < 1.29 is 4.79 Å². The molecule has 0 aliphatic carbocycles. The molecule has 0 bridgehead atoms. The summed E-state index contributed by atoms with van der Waals surface area (Å²) < 4.78 is 4.23. The molecule has 1 atom stereocenters. The fraction of sp³-hybridized carbons (Fsp3) is 0.400. The second-order valence-electron chi connectivity index (χ2n) is 3.95. The number of Topliss-reactive ketones (excluding diaryl/α,β-unsaturated/α-hetero) is 1. The highest BCUT2D eigenvalue weighted by molar-refractivity contribution is 7.12. The van der Waals surface area contributed by atoms with Crippen molar-refractivity contribution in [2.45, 2.75) is 12.3 Å². The van der Waals surface area contributed by atoms with Crippen LogP contribution in [0.2, 0.25) is 0 Å². The van der Waals surface area contributed by atoms with E-state index in [1.54, 1.807) is 0 Å². The van der Waals surface area contributed by atoms with Gasteiger partial charge in [-0.25, -0.2) is 4.98 Å². The predicted molar refractivity (Wildman–Crippen MR) is 63.3 cm³/mol. The summed E-state index contributed by atoms with van der Waals surface area (Å²) in [5.74, 6) is -0.179. The van der Waals surface area contributed by atoms with Crippen molar-refractivity contribution >= 4 is 27.5 Å². The zero-order valence-corrected chi connectivity index (χ0v) is 9.71. The van der Waals surface area contributed by atoms with Crippen LogP contribution >= 0.6 is 11.5 Å². The summed E-state index contributed by atoms with van der Waals surface area (Å²) in [7, 11) is 0. The maximum absolute atomic E-state index is 11.8. The average molecular weight is 250 g/mol. The minimum Gasteiger partial charge on any atom is -0.315 e. The second kappa shape index (κ2) is 4.01. The molecule has 0 radical (unpaired) electrons. The lowest BCUT2D eigenvalue weighted by Crippen LogP contribution is -2.35. The second-order valence-corrected chi connectivity index (χ2v) is 4.70. The number of nitrogens with one attached hydrogen (secondary N) is 2. The van der Waals surface area contributed by atoms with Crippen LogP contribution in [0, 0.1) is 0 Å². The van der Waals surface area contributed by atoms with E-state index in [4.69, 9.17) is 0 Å². The van der Waals surface area contributed by atoms with Gasteiger partial charge in [0.15, 0.2) is 4.83 Å². The van der Waals surface area contributed by atoms with E-state index in [9.17, 15) is 9.59 Å². The van der Waals surface area contributed by atoms with E-state index >= 15 is 0 Å². The van der Waals surface area contributed by atoms with Crippen molar-refractivity contribution in [2.75, 3.05) is 13.1 Å². The average Bonchev–Trinajstić information content (AvgIpc) is 2.75. The summed E-state index contributed by atoms with van der Waals surface area (Å²) in [5.41, 5.74) is 0.341. The molecule has 17 heavy (non-hydrogen) atoms. The molecule has 7 heteroatoms. The highest BCUT2D eigenvalue weighted by Crippen LogP contribution is 2.26. The molecule has 1 unspecified atom stereocenters. The van der Waals surface area contributed by atoms with Crippen molar-refractivity contribution in [2.24, 2.45) is 0 Å². The maximum Gasteiger partial charge on any atom is 0.261 e. The van der Waals surface area contributed by atoms with E-state index in [0.717, 1.165) is 11.5 Å². The number of nitrogens with zero attached hydrogens (tertiary/aromatic N) is 2.